The van der Waals surface area contributed by atoms with Gasteiger partial charge in [-0.3, -0.25) is 4.79 Å². The fraction of sp³-hybridized carbons (Fsp3) is 0.500. The minimum absolute atomic E-state index is 0.0963. The Morgan fingerprint density at radius 1 is 1.35 bits per heavy atom. The van der Waals surface area contributed by atoms with Crippen molar-refractivity contribution in [1.29, 1.82) is 0 Å². The number of rotatable bonds is 5. The molecule has 0 spiro atoms. The quantitative estimate of drug-likeness (QED) is 0.810. The van der Waals surface area contributed by atoms with Crippen LogP contribution in [0.5, 0.6) is 0 Å². The summed E-state index contributed by atoms with van der Waals surface area (Å²) in [6.07, 6.45) is 2.89. The Balaban J connectivity index is 1.88. The molecule has 1 amide bonds. The monoisotopic (exact) mass is 232 g/mol. The van der Waals surface area contributed by atoms with Crippen LogP contribution in [0.25, 0.3) is 0 Å². The lowest BCUT2D eigenvalue weighted by Crippen LogP contribution is -2.30. The average molecular weight is 232 g/mol. The van der Waals surface area contributed by atoms with Crippen molar-refractivity contribution in [3.05, 3.63) is 35.4 Å². The zero-order valence-electron chi connectivity index (χ0n) is 10.3. The fourth-order valence-electron chi connectivity index (χ4n) is 1.87. The highest BCUT2D eigenvalue weighted by Crippen LogP contribution is 2.43. The van der Waals surface area contributed by atoms with Gasteiger partial charge in [0, 0.05) is 13.1 Å². The summed E-state index contributed by atoms with van der Waals surface area (Å²) in [6, 6.07) is 7.85. The zero-order valence-corrected chi connectivity index (χ0v) is 10.3. The number of nitrogens with two attached hydrogens (primary N) is 1. The van der Waals surface area contributed by atoms with Crippen LogP contribution in [0.3, 0.4) is 0 Å². The van der Waals surface area contributed by atoms with Gasteiger partial charge in [0.05, 0.1) is 6.42 Å². The van der Waals surface area contributed by atoms with Crippen LogP contribution in [0, 0.1) is 5.41 Å². The van der Waals surface area contributed by atoms with E-state index in [2.05, 4.69) is 12.2 Å². The Labute approximate surface area is 102 Å². The number of nitrogens with one attached hydrogen (secondary N) is 1. The molecule has 3 heteroatoms. The molecule has 17 heavy (non-hydrogen) atoms. The Kier molecular flexibility index (Phi) is 3.48. The van der Waals surface area contributed by atoms with Crippen LogP contribution < -0.4 is 11.1 Å². The van der Waals surface area contributed by atoms with Crippen LogP contribution in [0.2, 0.25) is 0 Å². The van der Waals surface area contributed by atoms with Crippen molar-refractivity contribution in [3.63, 3.8) is 0 Å². The standard InChI is InChI=1S/C14H20N2O/c1-14(6-7-14)10-16-13(17)8-11-4-2-3-5-12(11)9-15/h2-5H,6-10,15H2,1H3,(H,16,17). The van der Waals surface area contributed by atoms with E-state index in [1.807, 2.05) is 24.3 Å². The van der Waals surface area contributed by atoms with E-state index < -0.39 is 0 Å². The predicted molar refractivity (Wildman–Crippen MR) is 68.4 cm³/mol. The summed E-state index contributed by atoms with van der Waals surface area (Å²) in [4.78, 5) is 11.8. The van der Waals surface area contributed by atoms with Gasteiger partial charge in [-0.2, -0.15) is 0 Å². The molecule has 1 aromatic rings. The van der Waals surface area contributed by atoms with Crippen molar-refractivity contribution in [2.45, 2.75) is 32.7 Å². The van der Waals surface area contributed by atoms with Crippen molar-refractivity contribution in [2.75, 3.05) is 6.54 Å². The molecule has 3 nitrogen and oxygen atoms in total. The van der Waals surface area contributed by atoms with E-state index in [9.17, 15) is 4.79 Å². The highest BCUT2D eigenvalue weighted by molar-refractivity contribution is 5.79. The molecule has 1 aromatic carbocycles. The van der Waals surface area contributed by atoms with Crippen LogP contribution in [0.15, 0.2) is 24.3 Å². The van der Waals surface area contributed by atoms with Crippen LogP contribution >= 0.6 is 0 Å². The average Bonchev–Trinajstić information content (AvgIpc) is 3.06. The molecule has 0 unspecified atom stereocenters. The highest BCUT2D eigenvalue weighted by Gasteiger charge is 2.37. The number of carbonyl (C=O) groups excluding carboxylic acids is 1. The summed E-state index contributed by atoms with van der Waals surface area (Å²) < 4.78 is 0. The molecule has 0 heterocycles. The minimum Gasteiger partial charge on any atom is -0.355 e. The highest BCUT2D eigenvalue weighted by atomic mass is 16.1. The molecule has 3 N–H and O–H groups in total. The van der Waals surface area contributed by atoms with Gasteiger partial charge < -0.3 is 11.1 Å². The Hall–Kier alpha value is -1.35. The van der Waals surface area contributed by atoms with Crippen molar-refractivity contribution >= 4 is 5.91 Å². The summed E-state index contributed by atoms with van der Waals surface area (Å²) in [6.45, 7) is 3.50. The van der Waals surface area contributed by atoms with Crippen LogP contribution in [-0.2, 0) is 17.8 Å². The molecule has 0 saturated heterocycles. The Morgan fingerprint density at radius 3 is 2.59 bits per heavy atom. The first kappa shape index (κ1) is 12.1. The summed E-state index contributed by atoms with van der Waals surface area (Å²) >= 11 is 0. The lowest BCUT2D eigenvalue weighted by Gasteiger charge is -2.11. The molecular formula is C14H20N2O. The molecule has 0 aliphatic heterocycles. The second kappa shape index (κ2) is 4.88. The lowest BCUT2D eigenvalue weighted by atomic mass is 10.0. The molecule has 1 aliphatic carbocycles. The maximum atomic E-state index is 11.8. The summed E-state index contributed by atoms with van der Waals surface area (Å²) in [5.74, 6) is 0.0963. The van der Waals surface area contributed by atoms with Crippen LogP contribution in [-0.4, -0.2) is 12.5 Å². The second-order valence-corrected chi connectivity index (χ2v) is 5.24. The third-order valence-electron chi connectivity index (χ3n) is 3.51. The largest absolute Gasteiger partial charge is 0.355 e. The molecule has 1 aliphatic rings. The number of amides is 1. The van der Waals surface area contributed by atoms with E-state index in [1.54, 1.807) is 0 Å². The van der Waals surface area contributed by atoms with E-state index in [0.29, 0.717) is 18.4 Å². The molecular weight excluding hydrogens is 212 g/mol. The van der Waals surface area contributed by atoms with E-state index in [0.717, 1.165) is 17.7 Å². The summed E-state index contributed by atoms with van der Waals surface area (Å²) in [5.41, 5.74) is 8.10. The normalized spacial score (nSPS) is 16.6. The lowest BCUT2D eigenvalue weighted by molar-refractivity contribution is -0.120. The smallest absolute Gasteiger partial charge is 0.224 e. The fourth-order valence-corrected chi connectivity index (χ4v) is 1.87. The van der Waals surface area contributed by atoms with Gasteiger partial charge in [0.1, 0.15) is 0 Å². The number of benzene rings is 1. The van der Waals surface area contributed by atoms with Crippen molar-refractivity contribution in [1.82, 2.24) is 5.32 Å². The van der Waals surface area contributed by atoms with Gasteiger partial charge in [0.15, 0.2) is 0 Å². The van der Waals surface area contributed by atoms with E-state index >= 15 is 0 Å². The number of carbonyl (C=O) groups is 1. The first-order chi connectivity index (χ1) is 8.13. The van der Waals surface area contributed by atoms with Crippen LogP contribution in [0.4, 0.5) is 0 Å². The van der Waals surface area contributed by atoms with Gasteiger partial charge >= 0.3 is 0 Å². The van der Waals surface area contributed by atoms with Gasteiger partial charge in [-0.1, -0.05) is 31.2 Å². The number of hydrogen-bond acceptors (Lipinski definition) is 2. The third kappa shape index (κ3) is 3.30. The van der Waals surface area contributed by atoms with E-state index in [4.69, 9.17) is 5.73 Å². The molecule has 1 fully saturated rings. The molecule has 1 saturated carbocycles. The van der Waals surface area contributed by atoms with Gasteiger partial charge in [0.25, 0.3) is 0 Å². The Morgan fingerprint density at radius 2 is 2.00 bits per heavy atom. The van der Waals surface area contributed by atoms with E-state index in [1.165, 1.54) is 12.8 Å². The van der Waals surface area contributed by atoms with Crippen molar-refractivity contribution < 1.29 is 4.79 Å². The Bertz CT molecular complexity index is 410. The molecule has 92 valence electrons. The van der Waals surface area contributed by atoms with E-state index in [-0.39, 0.29) is 5.91 Å². The molecule has 2 rings (SSSR count). The maximum Gasteiger partial charge on any atom is 0.224 e. The molecule has 0 radical (unpaired) electrons. The molecule has 0 aromatic heterocycles. The van der Waals surface area contributed by atoms with Crippen molar-refractivity contribution in [2.24, 2.45) is 11.1 Å². The predicted octanol–water partition coefficient (Wildman–Crippen LogP) is 1.60. The van der Waals surface area contributed by atoms with Gasteiger partial charge in [-0.25, -0.2) is 0 Å². The summed E-state index contributed by atoms with van der Waals surface area (Å²) in [5, 5.41) is 3.01. The van der Waals surface area contributed by atoms with Gasteiger partial charge in [-0.05, 0) is 29.4 Å². The SMILES string of the molecule is CC1(CNC(=O)Cc2ccccc2CN)CC1. The molecule has 0 bridgehead atoms. The van der Waals surface area contributed by atoms with Crippen LogP contribution in [0.1, 0.15) is 30.9 Å². The zero-order chi connectivity index (χ0) is 12.3. The topological polar surface area (TPSA) is 55.1 Å². The third-order valence-corrected chi connectivity index (χ3v) is 3.51. The summed E-state index contributed by atoms with van der Waals surface area (Å²) in [7, 11) is 0. The number of hydrogen-bond donors (Lipinski definition) is 2. The van der Waals surface area contributed by atoms with Crippen molar-refractivity contribution in [3.8, 4) is 0 Å². The first-order valence-corrected chi connectivity index (χ1v) is 6.16. The van der Waals surface area contributed by atoms with Gasteiger partial charge in [0.2, 0.25) is 5.91 Å². The minimum atomic E-state index is 0.0963. The molecule has 0 atom stereocenters. The second-order valence-electron chi connectivity index (χ2n) is 5.24. The maximum absolute atomic E-state index is 11.8. The first-order valence-electron chi connectivity index (χ1n) is 6.16. The van der Waals surface area contributed by atoms with Gasteiger partial charge in [-0.15, -0.1) is 0 Å².